The lowest BCUT2D eigenvalue weighted by molar-refractivity contribution is -0.0345. The van der Waals surface area contributed by atoms with Gasteiger partial charge >= 0.3 is 0 Å². The van der Waals surface area contributed by atoms with E-state index in [0.717, 1.165) is 35.7 Å². The molecule has 1 aliphatic rings. The van der Waals surface area contributed by atoms with Gasteiger partial charge < -0.3 is 14.9 Å². The maximum absolute atomic E-state index is 10.4. The van der Waals surface area contributed by atoms with Gasteiger partial charge in [0.2, 0.25) is 0 Å². The zero-order valence-electron chi connectivity index (χ0n) is 11.2. The average Bonchev–Trinajstić information content (AvgIpc) is 2.37. The third-order valence-electron chi connectivity index (χ3n) is 3.71. The minimum atomic E-state index is -0.712. The van der Waals surface area contributed by atoms with Gasteiger partial charge in [0, 0.05) is 10.0 Å². The quantitative estimate of drug-likeness (QED) is 0.888. The first-order chi connectivity index (χ1) is 9.00. The Morgan fingerprint density at radius 2 is 2.00 bits per heavy atom. The highest BCUT2D eigenvalue weighted by Gasteiger charge is 2.30. The van der Waals surface area contributed by atoms with Crippen LogP contribution >= 0.6 is 15.9 Å². The number of benzene rings is 1. The van der Waals surface area contributed by atoms with Gasteiger partial charge in [0.1, 0.15) is 12.4 Å². The van der Waals surface area contributed by atoms with Crippen molar-refractivity contribution in [2.45, 2.75) is 50.7 Å². The normalized spacial score (nSPS) is 20.0. The SMILES string of the molecule is C[C@H](O)c1ccc(Br)cc1OCC1(O)CCCCC1. The number of rotatable bonds is 4. The summed E-state index contributed by atoms with van der Waals surface area (Å²) in [5, 5.41) is 20.2. The molecule has 0 amide bonds. The summed E-state index contributed by atoms with van der Waals surface area (Å²) in [7, 11) is 0. The molecule has 1 aromatic rings. The molecule has 2 rings (SSSR count). The Kier molecular flexibility index (Phi) is 4.87. The lowest BCUT2D eigenvalue weighted by Gasteiger charge is -2.32. The highest BCUT2D eigenvalue weighted by atomic mass is 79.9. The van der Waals surface area contributed by atoms with E-state index in [-0.39, 0.29) is 0 Å². The fraction of sp³-hybridized carbons (Fsp3) is 0.600. The van der Waals surface area contributed by atoms with E-state index in [1.54, 1.807) is 6.92 Å². The second-order valence-electron chi connectivity index (χ2n) is 5.43. The molecule has 0 heterocycles. The monoisotopic (exact) mass is 328 g/mol. The van der Waals surface area contributed by atoms with Crippen molar-refractivity contribution in [1.82, 2.24) is 0 Å². The molecule has 0 spiro atoms. The van der Waals surface area contributed by atoms with Crippen LogP contribution in [0.3, 0.4) is 0 Å². The molecule has 1 fully saturated rings. The summed E-state index contributed by atoms with van der Waals surface area (Å²) < 4.78 is 6.69. The van der Waals surface area contributed by atoms with Crippen LogP contribution in [-0.4, -0.2) is 22.4 Å². The minimum Gasteiger partial charge on any atom is -0.490 e. The highest BCUT2D eigenvalue weighted by Crippen LogP contribution is 2.32. The van der Waals surface area contributed by atoms with Crippen LogP contribution in [0.2, 0.25) is 0 Å². The van der Waals surface area contributed by atoms with Crippen LogP contribution in [0.4, 0.5) is 0 Å². The van der Waals surface area contributed by atoms with Crippen LogP contribution in [0.1, 0.15) is 50.7 Å². The van der Waals surface area contributed by atoms with Crippen molar-refractivity contribution in [3.8, 4) is 5.75 Å². The predicted molar refractivity (Wildman–Crippen MR) is 78.3 cm³/mol. The van der Waals surface area contributed by atoms with Crippen LogP contribution in [0.25, 0.3) is 0 Å². The van der Waals surface area contributed by atoms with Gasteiger partial charge in [-0.2, -0.15) is 0 Å². The maximum atomic E-state index is 10.4. The summed E-state index contributed by atoms with van der Waals surface area (Å²) in [5.74, 6) is 0.642. The molecule has 0 saturated heterocycles. The van der Waals surface area contributed by atoms with Crippen molar-refractivity contribution in [1.29, 1.82) is 0 Å². The van der Waals surface area contributed by atoms with E-state index >= 15 is 0 Å². The summed E-state index contributed by atoms with van der Waals surface area (Å²) in [4.78, 5) is 0. The minimum absolute atomic E-state index is 0.295. The number of aliphatic hydroxyl groups is 2. The van der Waals surface area contributed by atoms with E-state index in [1.807, 2.05) is 18.2 Å². The van der Waals surface area contributed by atoms with Crippen LogP contribution in [-0.2, 0) is 0 Å². The molecule has 3 nitrogen and oxygen atoms in total. The third-order valence-corrected chi connectivity index (χ3v) is 4.20. The van der Waals surface area contributed by atoms with Crippen molar-refractivity contribution in [3.05, 3.63) is 28.2 Å². The maximum Gasteiger partial charge on any atom is 0.126 e. The number of aliphatic hydroxyl groups excluding tert-OH is 1. The van der Waals surface area contributed by atoms with Gasteiger partial charge in [-0.05, 0) is 31.9 Å². The topological polar surface area (TPSA) is 49.7 Å². The number of ether oxygens (including phenoxy) is 1. The fourth-order valence-corrected chi connectivity index (χ4v) is 2.88. The van der Waals surface area contributed by atoms with Crippen LogP contribution in [0.15, 0.2) is 22.7 Å². The molecule has 0 unspecified atom stereocenters. The smallest absolute Gasteiger partial charge is 0.126 e. The summed E-state index contributed by atoms with van der Waals surface area (Å²) in [6.07, 6.45) is 4.32. The molecule has 1 saturated carbocycles. The Morgan fingerprint density at radius 1 is 1.32 bits per heavy atom. The fourth-order valence-electron chi connectivity index (χ4n) is 2.54. The van der Waals surface area contributed by atoms with E-state index in [9.17, 15) is 10.2 Å². The Labute approximate surface area is 122 Å². The Hall–Kier alpha value is -0.580. The summed E-state index contributed by atoms with van der Waals surface area (Å²) in [6, 6.07) is 5.56. The average molecular weight is 329 g/mol. The molecule has 1 aliphatic carbocycles. The van der Waals surface area contributed by atoms with E-state index in [2.05, 4.69) is 15.9 Å². The summed E-state index contributed by atoms with van der Waals surface area (Å²) in [5.41, 5.74) is 0.0406. The lowest BCUT2D eigenvalue weighted by atomic mass is 9.85. The van der Waals surface area contributed by atoms with Crippen LogP contribution in [0, 0.1) is 0 Å². The summed E-state index contributed by atoms with van der Waals surface area (Å²) >= 11 is 3.40. The first kappa shape index (κ1) is 14.8. The molecule has 0 aliphatic heterocycles. The molecule has 4 heteroatoms. The Morgan fingerprint density at radius 3 is 2.63 bits per heavy atom. The molecule has 106 valence electrons. The molecular weight excluding hydrogens is 308 g/mol. The van der Waals surface area contributed by atoms with Crippen LogP contribution < -0.4 is 4.74 Å². The van der Waals surface area contributed by atoms with Crippen molar-refractivity contribution < 1.29 is 14.9 Å². The molecule has 0 radical (unpaired) electrons. The van der Waals surface area contributed by atoms with Crippen molar-refractivity contribution in [3.63, 3.8) is 0 Å². The Bertz CT molecular complexity index is 425. The van der Waals surface area contributed by atoms with Crippen molar-refractivity contribution in [2.24, 2.45) is 0 Å². The third kappa shape index (κ3) is 3.94. The largest absolute Gasteiger partial charge is 0.490 e. The van der Waals surface area contributed by atoms with Gasteiger partial charge in [-0.15, -0.1) is 0 Å². The highest BCUT2D eigenvalue weighted by molar-refractivity contribution is 9.10. The van der Waals surface area contributed by atoms with Gasteiger partial charge in [0.15, 0.2) is 0 Å². The second-order valence-corrected chi connectivity index (χ2v) is 6.35. The molecule has 1 atom stereocenters. The summed E-state index contributed by atoms with van der Waals surface area (Å²) in [6.45, 7) is 2.01. The zero-order valence-corrected chi connectivity index (χ0v) is 12.8. The van der Waals surface area contributed by atoms with Crippen molar-refractivity contribution in [2.75, 3.05) is 6.61 Å². The van der Waals surface area contributed by atoms with Gasteiger partial charge in [0.25, 0.3) is 0 Å². The second kappa shape index (κ2) is 6.25. The number of hydrogen-bond acceptors (Lipinski definition) is 3. The molecule has 1 aromatic carbocycles. The van der Waals surface area contributed by atoms with Crippen LogP contribution in [0.5, 0.6) is 5.75 Å². The standard InChI is InChI=1S/C15H21BrO3/c1-11(17)13-6-5-12(16)9-14(13)19-10-15(18)7-3-2-4-8-15/h5-6,9,11,17-18H,2-4,7-8,10H2,1H3/t11-/m0/s1. The van der Waals surface area contributed by atoms with Gasteiger partial charge in [0.05, 0.1) is 11.7 Å². The number of hydrogen-bond donors (Lipinski definition) is 2. The van der Waals surface area contributed by atoms with E-state index < -0.39 is 11.7 Å². The first-order valence-electron chi connectivity index (χ1n) is 6.83. The van der Waals surface area contributed by atoms with Gasteiger partial charge in [-0.3, -0.25) is 0 Å². The first-order valence-corrected chi connectivity index (χ1v) is 7.62. The molecule has 0 bridgehead atoms. The Balaban J connectivity index is 2.07. The van der Waals surface area contributed by atoms with E-state index in [4.69, 9.17) is 4.74 Å². The van der Waals surface area contributed by atoms with Gasteiger partial charge in [-0.1, -0.05) is 41.3 Å². The molecule has 0 aromatic heterocycles. The van der Waals surface area contributed by atoms with E-state index in [0.29, 0.717) is 12.4 Å². The zero-order chi connectivity index (χ0) is 13.9. The molecule has 19 heavy (non-hydrogen) atoms. The van der Waals surface area contributed by atoms with Gasteiger partial charge in [-0.25, -0.2) is 0 Å². The van der Waals surface area contributed by atoms with Crippen molar-refractivity contribution >= 4 is 15.9 Å². The lowest BCUT2D eigenvalue weighted by Crippen LogP contribution is -2.38. The van der Waals surface area contributed by atoms with E-state index in [1.165, 1.54) is 6.42 Å². The predicted octanol–water partition coefficient (Wildman–Crippen LogP) is 3.58. The molecule has 2 N–H and O–H groups in total. The molecular formula is C15H21BrO3. The number of halogens is 1.